The molecule has 0 aliphatic heterocycles. The van der Waals surface area contributed by atoms with Gasteiger partial charge < -0.3 is 9.88 Å². The number of benzene rings is 1. The van der Waals surface area contributed by atoms with Crippen molar-refractivity contribution in [3.63, 3.8) is 0 Å². The smallest absolute Gasteiger partial charge is 0.142 e. The lowest BCUT2D eigenvalue weighted by atomic mass is 9.86. The Hall–Kier alpha value is -2.12. The Labute approximate surface area is 176 Å². The molecule has 2 aromatic heterocycles. The maximum Gasteiger partial charge on any atom is 0.142 e. The van der Waals surface area contributed by atoms with Crippen LogP contribution in [0.3, 0.4) is 0 Å². The van der Waals surface area contributed by atoms with Gasteiger partial charge in [-0.2, -0.15) is 0 Å². The number of nitrogens with zero attached hydrogens (tertiary/aromatic N) is 3. The molecule has 1 atom stereocenters. The molecule has 1 aliphatic carbocycles. The molecule has 1 fully saturated rings. The van der Waals surface area contributed by atoms with Crippen LogP contribution < -0.4 is 4.90 Å². The standard InChI is InChI=1S/C21H26ClN5OS/c1-27(21-19-10-11-24-20(19)25-14-26-21)18-8-4-16(5-9-18)13-29(23,28)12-15-2-6-17(22)7-3-15/h2-3,6-7,10-11,14,16,18,23H,4-5,8-9,12-13H2,1H3,(H,24,25,26)/t16-,18-,29?. The maximum atomic E-state index is 12.9. The number of nitrogens with one attached hydrogen (secondary N) is 2. The van der Waals surface area contributed by atoms with Crippen molar-refractivity contribution in [3.05, 3.63) is 53.4 Å². The van der Waals surface area contributed by atoms with Crippen LogP contribution in [0, 0.1) is 10.7 Å². The van der Waals surface area contributed by atoms with Crippen molar-refractivity contribution in [3.8, 4) is 0 Å². The molecular weight excluding hydrogens is 406 g/mol. The van der Waals surface area contributed by atoms with Crippen molar-refractivity contribution >= 4 is 38.2 Å². The van der Waals surface area contributed by atoms with Crippen molar-refractivity contribution in [2.24, 2.45) is 5.92 Å². The highest BCUT2D eigenvalue weighted by molar-refractivity contribution is 7.91. The first-order valence-corrected chi connectivity index (χ1v) is 12.2. The van der Waals surface area contributed by atoms with Crippen LogP contribution in [0.4, 0.5) is 5.82 Å². The average Bonchev–Trinajstić information content (AvgIpc) is 3.18. The summed E-state index contributed by atoms with van der Waals surface area (Å²) < 4.78 is 21.2. The van der Waals surface area contributed by atoms with Crippen LogP contribution in [-0.4, -0.2) is 38.0 Å². The first kappa shape index (κ1) is 20.2. The molecule has 2 heterocycles. The minimum absolute atomic E-state index is 0.302. The molecule has 0 radical (unpaired) electrons. The highest BCUT2D eigenvalue weighted by Crippen LogP contribution is 2.32. The SMILES string of the molecule is CN(c1ncnc2[nH]ccc12)[C@H]1CC[C@H](CS(=N)(=O)Cc2ccc(Cl)cc2)CC1. The number of fused-ring (bicyclic) bond motifs is 1. The molecule has 4 rings (SSSR count). The lowest BCUT2D eigenvalue weighted by Gasteiger charge is -2.35. The maximum absolute atomic E-state index is 12.9. The Kier molecular flexibility index (Phi) is 5.79. The number of hydrogen-bond acceptors (Lipinski definition) is 5. The van der Waals surface area contributed by atoms with Gasteiger partial charge >= 0.3 is 0 Å². The van der Waals surface area contributed by atoms with Gasteiger partial charge in [0.2, 0.25) is 0 Å². The largest absolute Gasteiger partial charge is 0.356 e. The lowest BCUT2D eigenvalue weighted by Crippen LogP contribution is -2.37. The van der Waals surface area contributed by atoms with Gasteiger partial charge in [-0.05, 0) is 55.4 Å². The Balaban J connectivity index is 1.35. The number of hydrogen-bond donors (Lipinski definition) is 2. The molecule has 1 aromatic carbocycles. The van der Waals surface area contributed by atoms with Crippen LogP contribution in [-0.2, 0) is 15.5 Å². The number of anilines is 1. The Morgan fingerprint density at radius 3 is 2.62 bits per heavy atom. The zero-order valence-corrected chi connectivity index (χ0v) is 18.0. The van der Waals surface area contributed by atoms with E-state index in [-0.39, 0.29) is 0 Å². The molecule has 0 bridgehead atoms. The molecule has 154 valence electrons. The predicted octanol–water partition coefficient (Wildman–Crippen LogP) is 4.85. The number of H-pyrrole nitrogens is 1. The van der Waals surface area contributed by atoms with E-state index in [9.17, 15) is 4.21 Å². The predicted molar refractivity (Wildman–Crippen MR) is 119 cm³/mol. The number of rotatable bonds is 6. The molecule has 1 aliphatic rings. The van der Waals surface area contributed by atoms with Gasteiger partial charge in [0.15, 0.2) is 0 Å². The van der Waals surface area contributed by atoms with Crippen molar-refractivity contribution in [2.75, 3.05) is 17.7 Å². The molecule has 3 aromatic rings. The van der Waals surface area contributed by atoms with Crippen molar-refractivity contribution in [2.45, 2.75) is 37.5 Å². The van der Waals surface area contributed by atoms with Crippen LogP contribution in [0.1, 0.15) is 31.2 Å². The highest BCUT2D eigenvalue weighted by atomic mass is 35.5. The van der Waals surface area contributed by atoms with E-state index in [1.165, 1.54) is 0 Å². The topological polar surface area (TPSA) is 85.7 Å². The summed E-state index contributed by atoms with van der Waals surface area (Å²) in [5, 5.41) is 1.70. The van der Waals surface area contributed by atoms with E-state index in [1.807, 2.05) is 24.4 Å². The van der Waals surface area contributed by atoms with Crippen molar-refractivity contribution in [1.29, 1.82) is 4.78 Å². The third-order valence-corrected chi connectivity index (χ3v) is 7.91. The first-order chi connectivity index (χ1) is 13.9. The van der Waals surface area contributed by atoms with Crippen molar-refractivity contribution < 1.29 is 4.21 Å². The summed E-state index contributed by atoms with van der Waals surface area (Å²) >= 11 is 5.92. The Bertz CT molecular complexity index is 1070. The first-order valence-electron chi connectivity index (χ1n) is 9.91. The minimum atomic E-state index is -2.64. The second kappa shape index (κ2) is 8.32. The summed E-state index contributed by atoms with van der Waals surface area (Å²) in [4.78, 5) is 14.1. The van der Waals surface area contributed by atoms with Gasteiger partial charge in [0.1, 0.15) is 17.8 Å². The molecule has 0 amide bonds. The molecule has 8 heteroatoms. The van der Waals surface area contributed by atoms with Gasteiger partial charge in [-0.1, -0.05) is 23.7 Å². The van der Waals surface area contributed by atoms with Crippen LogP contribution in [0.2, 0.25) is 5.02 Å². The van der Waals surface area contributed by atoms with Gasteiger partial charge in [0, 0.05) is 39.8 Å². The second-order valence-electron chi connectivity index (χ2n) is 7.97. The summed E-state index contributed by atoms with van der Waals surface area (Å²) in [6.07, 6.45) is 7.52. The van der Waals surface area contributed by atoms with Gasteiger partial charge in [0.25, 0.3) is 0 Å². The number of aromatic amines is 1. The molecule has 0 saturated heterocycles. The summed E-state index contributed by atoms with van der Waals surface area (Å²) in [7, 11) is -0.549. The molecule has 1 unspecified atom stereocenters. The quantitative estimate of drug-likeness (QED) is 0.583. The van der Waals surface area contributed by atoms with E-state index in [4.69, 9.17) is 16.4 Å². The van der Waals surface area contributed by atoms with E-state index in [0.717, 1.165) is 48.1 Å². The van der Waals surface area contributed by atoms with E-state index in [0.29, 0.717) is 28.5 Å². The van der Waals surface area contributed by atoms with E-state index in [1.54, 1.807) is 18.5 Å². The van der Waals surface area contributed by atoms with E-state index >= 15 is 0 Å². The normalized spacial score (nSPS) is 21.7. The highest BCUT2D eigenvalue weighted by Gasteiger charge is 2.27. The van der Waals surface area contributed by atoms with Gasteiger partial charge in [-0.15, -0.1) is 0 Å². The van der Waals surface area contributed by atoms with Crippen molar-refractivity contribution in [1.82, 2.24) is 15.0 Å². The Morgan fingerprint density at radius 2 is 1.90 bits per heavy atom. The average molecular weight is 432 g/mol. The van der Waals surface area contributed by atoms with Gasteiger partial charge in [0.05, 0.1) is 11.1 Å². The van der Waals surface area contributed by atoms with Crippen LogP contribution >= 0.6 is 11.6 Å². The van der Waals surface area contributed by atoms with E-state index < -0.39 is 9.73 Å². The van der Waals surface area contributed by atoms with Crippen LogP contribution in [0.25, 0.3) is 11.0 Å². The fraction of sp³-hybridized carbons (Fsp3) is 0.429. The fourth-order valence-corrected chi connectivity index (χ4v) is 6.37. The lowest BCUT2D eigenvalue weighted by molar-refractivity contribution is 0.342. The molecule has 2 N–H and O–H groups in total. The summed E-state index contributed by atoms with van der Waals surface area (Å²) in [6, 6.07) is 9.73. The number of halogens is 1. The summed E-state index contributed by atoms with van der Waals surface area (Å²) in [6.45, 7) is 0. The minimum Gasteiger partial charge on any atom is -0.356 e. The van der Waals surface area contributed by atoms with Crippen LogP contribution in [0.5, 0.6) is 0 Å². The van der Waals surface area contributed by atoms with Gasteiger partial charge in [-0.3, -0.25) is 4.78 Å². The monoisotopic (exact) mass is 431 g/mol. The zero-order valence-electron chi connectivity index (χ0n) is 16.5. The van der Waals surface area contributed by atoms with E-state index in [2.05, 4.69) is 26.9 Å². The fourth-order valence-electron chi connectivity index (χ4n) is 4.30. The number of aromatic nitrogens is 3. The summed E-state index contributed by atoms with van der Waals surface area (Å²) in [5.41, 5.74) is 1.77. The van der Waals surface area contributed by atoms with Gasteiger partial charge in [-0.25, -0.2) is 14.2 Å². The molecule has 6 nitrogen and oxygen atoms in total. The third-order valence-electron chi connectivity index (χ3n) is 5.85. The molecule has 0 spiro atoms. The zero-order chi connectivity index (χ0) is 20.4. The second-order valence-corrected chi connectivity index (χ2v) is 10.7. The molecule has 29 heavy (non-hydrogen) atoms. The summed E-state index contributed by atoms with van der Waals surface area (Å²) in [5.74, 6) is 2.07. The Morgan fingerprint density at radius 1 is 1.17 bits per heavy atom. The third kappa shape index (κ3) is 4.73. The molecule has 1 saturated carbocycles. The molecular formula is C21H26ClN5OS. The van der Waals surface area contributed by atoms with Crippen LogP contribution in [0.15, 0.2) is 42.9 Å².